The van der Waals surface area contributed by atoms with E-state index < -0.39 is 21.2 Å². The van der Waals surface area contributed by atoms with Crippen LogP contribution in [0.5, 0.6) is 0 Å². The monoisotopic (exact) mass is 847 g/mol. The molecule has 0 spiro atoms. The number of nitrogens with one attached hydrogen (secondary N) is 1. The van der Waals surface area contributed by atoms with Crippen LogP contribution in [0.15, 0.2) is 26.6 Å². The molecule has 2 saturated carbocycles. The minimum absolute atomic E-state index is 0.0794. The Morgan fingerprint density at radius 1 is 0.797 bits per heavy atom. The molecule has 0 bridgehead atoms. The second-order valence-electron chi connectivity index (χ2n) is 18.3. The second kappa shape index (κ2) is 22.8. The van der Waals surface area contributed by atoms with Crippen LogP contribution in [0.25, 0.3) is 0 Å². The summed E-state index contributed by atoms with van der Waals surface area (Å²) in [5, 5.41) is 7.72. The zero-order chi connectivity index (χ0) is 43.1. The Kier molecular flexibility index (Phi) is 18.5. The number of aryl methyl sites for hydroxylation is 1. The highest BCUT2D eigenvalue weighted by molar-refractivity contribution is 7.89. The fourth-order valence-corrected chi connectivity index (χ4v) is 8.79. The predicted molar refractivity (Wildman–Crippen MR) is 221 cm³/mol. The number of rotatable bonds is 19. The smallest absolute Gasteiger partial charge is 0.307 e. The van der Waals surface area contributed by atoms with E-state index in [4.69, 9.17) is 24.3 Å². The first-order chi connectivity index (χ1) is 27.9. The Morgan fingerprint density at radius 3 is 1.66 bits per heavy atom. The van der Waals surface area contributed by atoms with Gasteiger partial charge >= 0.3 is 11.9 Å². The molecule has 0 amide bonds. The highest BCUT2D eigenvalue weighted by Gasteiger charge is 2.28. The quantitative estimate of drug-likeness (QED) is 0.109. The van der Waals surface area contributed by atoms with E-state index in [1.807, 2.05) is 41.5 Å². The van der Waals surface area contributed by atoms with E-state index in [9.17, 15) is 18.0 Å². The maximum Gasteiger partial charge on any atom is 0.307 e. The van der Waals surface area contributed by atoms with Gasteiger partial charge in [0, 0.05) is 25.1 Å². The number of ether oxygens (including phenoxy) is 2. The third kappa shape index (κ3) is 17.8. The normalized spacial score (nSPS) is 16.9. The number of esters is 2. The van der Waals surface area contributed by atoms with Crippen LogP contribution >= 0.6 is 0 Å². The number of carbonyl (C=O) groups excluding carboxylic acids is 2. The van der Waals surface area contributed by atoms with Gasteiger partial charge in [-0.2, -0.15) is 9.97 Å². The van der Waals surface area contributed by atoms with Gasteiger partial charge in [-0.1, -0.05) is 100 Å². The number of aromatic nitrogens is 6. The number of hydrogen-bond donors (Lipinski definition) is 2. The molecule has 3 aromatic heterocycles. The van der Waals surface area contributed by atoms with Gasteiger partial charge in [0.1, 0.15) is 11.2 Å². The summed E-state index contributed by atoms with van der Waals surface area (Å²) in [6.45, 7) is 11.2. The van der Waals surface area contributed by atoms with Crippen LogP contribution in [0, 0.1) is 11.8 Å². The lowest BCUT2D eigenvalue weighted by Gasteiger charge is -2.23. The lowest BCUT2D eigenvalue weighted by atomic mass is 9.84. The van der Waals surface area contributed by atoms with Crippen LogP contribution in [-0.2, 0) is 49.2 Å². The van der Waals surface area contributed by atoms with Crippen molar-refractivity contribution in [3.05, 3.63) is 36.0 Å². The summed E-state index contributed by atoms with van der Waals surface area (Å²) in [4.78, 5) is 37.4. The summed E-state index contributed by atoms with van der Waals surface area (Å²) in [5.41, 5.74) is 4.51. The molecule has 2 aliphatic carbocycles. The minimum atomic E-state index is -3.79. The molecular formula is C42H70N8O8S. The molecule has 5 rings (SSSR count). The van der Waals surface area contributed by atoms with Crippen molar-refractivity contribution in [2.24, 2.45) is 24.6 Å². The summed E-state index contributed by atoms with van der Waals surface area (Å²) in [5.74, 6) is 2.21. The molecule has 2 fully saturated rings. The topological polar surface area (TPSA) is 220 Å². The lowest BCUT2D eigenvalue weighted by molar-refractivity contribution is -0.156. The molecule has 0 saturated heterocycles. The number of nitrogens with two attached hydrogens (primary N) is 1. The first kappa shape index (κ1) is 48.0. The maximum atomic E-state index is 12.5. The van der Waals surface area contributed by atoms with E-state index in [1.54, 1.807) is 11.6 Å². The Balaban J connectivity index is 0.000000273. The van der Waals surface area contributed by atoms with Gasteiger partial charge in [0.2, 0.25) is 11.8 Å². The number of sulfonamides is 1. The molecule has 16 nitrogen and oxygen atoms in total. The van der Waals surface area contributed by atoms with Gasteiger partial charge in [0.25, 0.3) is 10.0 Å². The number of imidazole rings is 1. The van der Waals surface area contributed by atoms with Gasteiger partial charge in [0.15, 0.2) is 16.7 Å². The molecule has 332 valence electrons. The van der Waals surface area contributed by atoms with Gasteiger partial charge in [-0.25, -0.2) is 18.1 Å². The first-order valence-corrected chi connectivity index (χ1v) is 23.1. The zero-order valence-electron chi connectivity index (χ0n) is 36.5. The van der Waals surface area contributed by atoms with Crippen molar-refractivity contribution >= 4 is 22.0 Å². The number of carbonyl (C=O) groups is 2. The largest absolute Gasteiger partial charge is 0.460 e. The van der Waals surface area contributed by atoms with Gasteiger partial charge in [-0.3, -0.25) is 9.59 Å². The third-order valence-electron chi connectivity index (χ3n) is 10.7. The van der Waals surface area contributed by atoms with Gasteiger partial charge < -0.3 is 28.8 Å². The number of hydrogen-bond acceptors (Lipinski definition) is 14. The molecule has 3 heterocycles. The van der Waals surface area contributed by atoms with Crippen molar-refractivity contribution in [2.75, 3.05) is 0 Å². The molecule has 0 unspecified atom stereocenters. The SMILES string of the molecule is CC(C)(C)OC(=O)C[C@@H](CCCC1CCCCC1)c1nc(CN)no1.Cn1cnc(S(=O)(=O)NCc2noc([C@H](CCCC3CCCCC3)CC(=O)OC(C)(C)C)n2)c1. The van der Waals surface area contributed by atoms with Gasteiger partial charge in [-0.15, -0.1) is 0 Å². The molecule has 59 heavy (non-hydrogen) atoms. The van der Waals surface area contributed by atoms with E-state index >= 15 is 0 Å². The average Bonchev–Trinajstić information content (AvgIpc) is 3.95. The molecule has 17 heteroatoms. The van der Waals surface area contributed by atoms with Crippen LogP contribution in [0.3, 0.4) is 0 Å². The highest BCUT2D eigenvalue weighted by Crippen LogP contribution is 2.33. The van der Waals surface area contributed by atoms with Crippen molar-refractivity contribution in [3.63, 3.8) is 0 Å². The highest BCUT2D eigenvalue weighted by atomic mass is 32.2. The molecule has 3 N–H and O–H groups in total. The summed E-state index contributed by atoms with van der Waals surface area (Å²) < 4.78 is 50.5. The van der Waals surface area contributed by atoms with Crippen molar-refractivity contribution in [1.82, 2.24) is 34.6 Å². The van der Waals surface area contributed by atoms with Gasteiger partial charge in [-0.05, 0) is 66.2 Å². The lowest BCUT2D eigenvalue weighted by Crippen LogP contribution is -2.25. The predicted octanol–water partition coefficient (Wildman–Crippen LogP) is 7.94. The van der Waals surface area contributed by atoms with Crippen LogP contribution in [-0.4, -0.2) is 61.4 Å². The molecular weight excluding hydrogens is 777 g/mol. The molecule has 3 aromatic rings. The van der Waals surface area contributed by atoms with E-state index in [2.05, 4.69) is 30.0 Å². The fourth-order valence-electron chi connectivity index (χ4n) is 7.83. The van der Waals surface area contributed by atoms with E-state index in [-0.39, 0.29) is 60.6 Å². The average molecular weight is 847 g/mol. The second-order valence-corrected chi connectivity index (χ2v) is 20.1. The fraction of sp³-hybridized carbons (Fsp3) is 0.786. The van der Waals surface area contributed by atoms with E-state index in [1.165, 1.54) is 83.2 Å². The van der Waals surface area contributed by atoms with Crippen LogP contribution < -0.4 is 10.5 Å². The molecule has 0 aromatic carbocycles. The molecule has 2 atom stereocenters. The summed E-state index contributed by atoms with van der Waals surface area (Å²) in [7, 11) is -2.10. The summed E-state index contributed by atoms with van der Waals surface area (Å²) in [6.07, 6.45) is 22.4. The van der Waals surface area contributed by atoms with Crippen LogP contribution in [0.1, 0.15) is 192 Å². The van der Waals surface area contributed by atoms with Crippen molar-refractivity contribution < 1.29 is 36.5 Å². The molecule has 2 aliphatic rings. The summed E-state index contributed by atoms with van der Waals surface area (Å²) in [6, 6.07) is 0. The zero-order valence-corrected chi connectivity index (χ0v) is 37.4. The molecule has 0 aliphatic heterocycles. The van der Waals surface area contributed by atoms with Crippen LogP contribution in [0.4, 0.5) is 0 Å². The van der Waals surface area contributed by atoms with Crippen molar-refractivity contribution in [1.29, 1.82) is 0 Å². The Morgan fingerprint density at radius 2 is 1.25 bits per heavy atom. The minimum Gasteiger partial charge on any atom is -0.460 e. The standard InChI is InChI=1S/C23H37N5O5S.C19H33N3O3/c1-23(2,3)32-21(29)13-18(12-8-11-17-9-6-5-7-10-17)22-26-19(27-33-22)14-25-34(30,31)20-15-28(4)16-24-20;1-19(2,3)24-17(23)12-15(18-21-16(13-20)22-25-18)11-7-10-14-8-5-4-6-9-14/h15-18,25H,5-14H2,1-4H3;14-15H,4-13,20H2,1-3H3/t18-;15-/m11/s1. The van der Waals surface area contributed by atoms with E-state index in [0.29, 0.717) is 17.6 Å². The third-order valence-corrected chi connectivity index (χ3v) is 12.0. The first-order valence-electron chi connectivity index (χ1n) is 21.7. The van der Waals surface area contributed by atoms with Crippen LogP contribution in [0.2, 0.25) is 0 Å². The van der Waals surface area contributed by atoms with E-state index in [0.717, 1.165) is 43.9 Å². The molecule has 0 radical (unpaired) electrons. The van der Waals surface area contributed by atoms with Crippen molar-refractivity contribution in [3.8, 4) is 0 Å². The van der Waals surface area contributed by atoms with Crippen molar-refractivity contribution in [2.45, 2.75) is 198 Å². The summed E-state index contributed by atoms with van der Waals surface area (Å²) >= 11 is 0. The Bertz CT molecular complexity index is 1810. The Labute approximate surface area is 351 Å². The Hall–Kier alpha value is -3.70. The van der Waals surface area contributed by atoms with Gasteiger partial charge in [0.05, 0.1) is 32.3 Å². The maximum absolute atomic E-state index is 12.5. The number of nitrogens with zero attached hydrogens (tertiary/aromatic N) is 6.